The van der Waals surface area contributed by atoms with Gasteiger partial charge in [-0.3, -0.25) is 4.40 Å². The Bertz CT molecular complexity index is 2950. The lowest BCUT2D eigenvalue weighted by Crippen LogP contribution is -2.18. The van der Waals surface area contributed by atoms with Gasteiger partial charge in [-0.05, 0) is 96.1 Å². The highest BCUT2D eigenvalue weighted by Crippen LogP contribution is 2.38. The van der Waals surface area contributed by atoms with Crippen LogP contribution in [0.3, 0.4) is 0 Å². The summed E-state index contributed by atoms with van der Waals surface area (Å²) in [6.07, 6.45) is 1.68. The molecule has 0 amide bonds. The molecule has 0 bridgehead atoms. The van der Waals surface area contributed by atoms with E-state index in [1.54, 1.807) is 12.3 Å². The molecule has 0 N–H and O–H groups in total. The van der Waals surface area contributed by atoms with Crippen LogP contribution in [0.25, 0.3) is 83.1 Å². The van der Waals surface area contributed by atoms with E-state index in [2.05, 4.69) is 146 Å². The topological polar surface area (TPSA) is 57.1 Å². The molecule has 0 saturated carbocycles. The van der Waals surface area contributed by atoms with E-state index in [0.29, 0.717) is 11.5 Å². The first kappa shape index (κ1) is 27.3. The Morgan fingerprint density at radius 3 is 1.55 bits per heavy atom. The molecule has 230 valence electrons. The molecular formula is C43H27N5O. The lowest BCUT2D eigenvalue weighted by Gasteiger charge is -2.10. The van der Waals surface area contributed by atoms with Crippen LogP contribution in [0.2, 0.25) is 0 Å². The van der Waals surface area contributed by atoms with Crippen molar-refractivity contribution in [3.63, 3.8) is 0 Å². The van der Waals surface area contributed by atoms with Crippen molar-refractivity contribution in [3.8, 4) is 33.9 Å². The number of para-hydroxylation sites is 3. The van der Waals surface area contributed by atoms with Gasteiger partial charge in [0.15, 0.2) is 5.82 Å². The fraction of sp³-hybridized carbons (Fsp3) is 0. The van der Waals surface area contributed by atoms with Gasteiger partial charge in [-0.15, -0.1) is 0 Å². The zero-order chi connectivity index (χ0) is 32.5. The Morgan fingerprint density at radius 1 is 0.408 bits per heavy atom. The minimum Gasteiger partial charge on any atom is -0.309 e. The number of aromatic nitrogens is 5. The van der Waals surface area contributed by atoms with Gasteiger partial charge in [-0.25, -0.2) is 9.78 Å². The average Bonchev–Trinajstić information content (AvgIpc) is 3.67. The molecule has 0 aliphatic heterocycles. The Hall–Kier alpha value is -6.79. The maximum Gasteiger partial charge on any atom is 0.355 e. The van der Waals surface area contributed by atoms with Crippen LogP contribution in [0.4, 0.5) is 0 Å². The number of pyridine rings is 1. The highest BCUT2D eigenvalue weighted by atomic mass is 16.1. The van der Waals surface area contributed by atoms with E-state index in [9.17, 15) is 4.79 Å². The molecule has 0 saturated heterocycles. The summed E-state index contributed by atoms with van der Waals surface area (Å²) >= 11 is 0. The second-order valence-electron chi connectivity index (χ2n) is 12.3. The maximum absolute atomic E-state index is 12.6. The van der Waals surface area contributed by atoms with E-state index < -0.39 is 0 Å². The maximum atomic E-state index is 12.6. The minimum atomic E-state index is -0.344. The summed E-state index contributed by atoms with van der Waals surface area (Å²) in [6.45, 7) is 0. The normalized spacial score (nSPS) is 11.8. The number of benzene rings is 6. The van der Waals surface area contributed by atoms with Gasteiger partial charge >= 0.3 is 5.69 Å². The second kappa shape index (κ2) is 10.6. The minimum absolute atomic E-state index is 0.344. The predicted octanol–water partition coefficient (Wildman–Crippen LogP) is 9.62. The average molecular weight is 630 g/mol. The van der Waals surface area contributed by atoms with Crippen LogP contribution in [0, 0.1) is 0 Å². The van der Waals surface area contributed by atoms with Gasteiger partial charge in [0.05, 0.1) is 22.1 Å². The van der Waals surface area contributed by atoms with Crippen LogP contribution >= 0.6 is 0 Å². The summed E-state index contributed by atoms with van der Waals surface area (Å²) in [7, 11) is 0. The van der Waals surface area contributed by atoms with E-state index in [0.717, 1.165) is 28.0 Å². The van der Waals surface area contributed by atoms with Gasteiger partial charge < -0.3 is 9.13 Å². The molecular weight excluding hydrogens is 603 g/mol. The molecule has 10 rings (SSSR count). The number of hydrogen-bond acceptors (Lipinski definition) is 3. The van der Waals surface area contributed by atoms with E-state index in [4.69, 9.17) is 0 Å². The summed E-state index contributed by atoms with van der Waals surface area (Å²) < 4.78 is 6.09. The van der Waals surface area contributed by atoms with Crippen LogP contribution in [-0.4, -0.2) is 23.5 Å². The third kappa shape index (κ3) is 4.24. The first-order chi connectivity index (χ1) is 24.2. The zero-order valence-corrected chi connectivity index (χ0v) is 26.2. The monoisotopic (exact) mass is 629 g/mol. The smallest absolute Gasteiger partial charge is 0.309 e. The highest BCUT2D eigenvalue weighted by Gasteiger charge is 2.16. The standard InChI is InChI=1S/C43H27N5O/c49-43-45-42(44-41-16-8-9-25-46(41)43)28-17-21-32(22-18-28)48-38-15-7-5-13-34(38)36-27-30(20-24-40(36)48)29-19-23-39-35(26-29)33-12-4-6-14-37(33)47(39)31-10-2-1-3-11-31/h1-27H. The molecule has 49 heavy (non-hydrogen) atoms. The Labute approximate surface area is 280 Å². The molecule has 6 nitrogen and oxygen atoms in total. The molecule has 0 spiro atoms. The molecule has 0 aliphatic rings. The van der Waals surface area contributed by atoms with Gasteiger partial charge in [-0.2, -0.15) is 4.98 Å². The number of nitrogens with zero attached hydrogens (tertiary/aromatic N) is 5. The van der Waals surface area contributed by atoms with Gasteiger partial charge in [0.25, 0.3) is 0 Å². The van der Waals surface area contributed by atoms with Crippen LogP contribution in [0.15, 0.2) is 169 Å². The van der Waals surface area contributed by atoms with Gasteiger partial charge in [0.2, 0.25) is 0 Å². The van der Waals surface area contributed by atoms with E-state index in [-0.39, 0.29) is 5.69 Å². The first-order valence-corrected chi connectivity index (χ1v) is 16.3. The van der Waals surface area contributed by atoms with Crippen molar-refractivity contribution in [1.82, 2.24) is 23.5 Å². The Balaban J connectivity index is 1.10. The molecule has 0 fully saturated rings. The molecule has 0 atom stereocenters. The van der Waals surface area contributed by atoms with Crippen LogP contribution in [0.5, 0.6) is 0 Å². The lowest BCUT2D eigenvalue weighted by atomic mass is 10.0. The number of fused-ring (bicyclic) bond motifs is 7. The third-order valence-corrected chi connectivity index (χ3v) is 9.54. The summed E-state index contributed by atoms with van der Waals surface area (Å²) in [6, 6.07) is 54.9. The van der Waals surface area contributed by atoms with Crippen molar-refractivity contribution < 1.29 is 0 Å². The largest absolute Gasteiger partial charge is 0.355 e. The van der Waals surface area contributed by atoms with Crippen LogP contribution < -0.4 is 5.69 Å². The van der Waals surface area contributed by atoms with Gasteiger partial charge in [-0.1, -0.05) is 72.8 Å². The van der Waals surface area contributed by atoms with E-state index in [1.807, 2.05) is 24.3 Å². The molecule has 6 aromatic carbocycles. The summed E-state index contributed by atoms with van der Waals surface area (Å²) in [5, 5.41) is 4.85. The molecule has 4 heterocycles. The molecule has 10 aromatic rings. The molecule has 0 unspecified atom stereocenters. The van der Waals surface area contributed by atoms with Crippen LogP contribution in [-0.2, 0) is 0 Å². The Morgan fingerprint density at radius 2 is 0.918 bits per heavy atom. The van der Waals surface area contributed by atoms with E-state index in [1.165, 1.54) is 48.1 Å². The van der Waals surface area contributed by atoms with Crippen molar-refractivity contribution in [2.45, 2.75) is 0 Å². The summed E-state index contributed by atoms with van der Waals surface area (Å²) in [5.41, 5.74) is 10.2. The quantitative estimate of drug-likeness (QED) is 0.195. The molecule has 6 heteroatoms. The fourth-order valence-corrected chi connectivity index (χ4v) is 7.29. The first-order valence-electron chi connectivity index (χ1n) is 16.3. The lowest BCUT2D eigenvalue weighted by molar-refractivity contribution is 0.948. The molecule has 4 aromatic heterocycles. The van der Waals surface area contributed by atoms with Crippen molar-refractivity contribution in [2.24, 2.45) is 0 Å². The van der Waals surface area contributed by atoms with Crippen molar-refractivity contribution in [1.29, 1.82) is 0 Å². The van der Waals surface area contributed by atoms with Crippen molar-refractivity contribution >= 4 is 49.3 Å². The predicted molar refractivity (Wildman–Crippen MR) is 199 cm³/mol. The zero-order valence-electron chi connectivity index (χ0n) is 26.2. The Kier molecular flexibility index (Phi) is 5.92. The van der Waals surface area contributed by atoms with Crippen molar-refractivity contribution in [2.75, 3.05) is 0 Å². The third-order valence-electron chi connectivity index (χ3n) is 9.54. The number of rotatable bonds is 4. The van der Waals surface area contributed by atoms with Gasteiger partial charge in [0, 0.05) is 44.7 Å². The van der Waals surface area contributed by atoms with Gasteiger partial charge in [0.1, 0.15) is 5.65 Å². The van der Waals surface area contributed by atoms with Crippen molar-refractivity contribution in [3.05, 3.63) is 174 Å². The summed E-state index contributed by atoms with van der Waals surface area (Å²) in [4.78, 5) is 21.5. The summed E-state index contributed by atoms with van der Waals surface area (Å²) in [5.74, 6) is 0.415. The molecule has 0 radical (unpaired) electrons. The number of hydrogen-bond donors (Lipinski definition) is 0. The van der Waals surface area contributed by atoms with Crippen LogP contribution in [0.1, 0.15) is 0 Å². The fourth-order valence-electron chi connectivity index (χ4n) is 7.29. The second-order valence-corrected chi connectivity index (χ2v) is 12.3. The molecule has 0 aliphatic carbocycles. The highest BCUT2D eigenvalue weighted by molar-refractivity contribution is 6.12. The van der Waals surface area contributed by atoms with E-state index >= 15 is 0 Å². The SMILES string of the molecule is O=c1nc(-c2ccc(-n3c4ccccc4c4cc(-c5ccc6c(c5)c5ccccc5n6-c5ccccc5)ccc43)cc2)nc2ccccn12.